The summed E-state index contributed by atoms with van der Waals surface area (Å²) in [5, 5.41) is 12.5. The van der Waals surface area contributed by atoms with E-state index < -0.39 is 5.97 Å². The van der Waals surface area contributed by atoms with Crippen molar-refractivity contribution in [2.24, 2.45) is 0 Å². The van der Waals surface area contributed by atoms with E-state index in [4.69, 9.17) is 20.0 Å². The monoisotopic (exact) mass is 445 g/mol. The van der Waals surface area contributed by atoms with Crippen molar-refractivity contribution in [3.05, 3.63) is 71.9 Å². The normalized spacial score (nSPS) is 11.1. The van der Waals surface area contributed by atoms with Crippen LogP contribution < -0.4 is 15.8 Å². The molecule has 10 nitrogen and oxygen atoms in total. The largest absolute Gasteiger partial charge is 0.493 e. The Labute approximate surface area is 187 Å². The van der Waals surface area contributed by atoms with E-state index in [1.165, 1.54) is 25.6 Å². The number of fused-ring (bicyclic) bond motifs is 1. The number of carboxylic acids is 1. The van der Waals surface area contributed by atoms with Gasteiger partial charge in [0.1, 0.15) is 11.6 Å². The van der Waals surface area contributed by atoms with E-state index in [0.29, 0.717) is 34.3 Å². The van der Waals surface area contributed by atoms with Gasteiger partial charge in [-0.2, -0.15) is 0 Å². The minimum atomic E-state index is -1.10. The quantitative estimate of drug-likeness (QED) is 0.364. The number of amides is 1. The first kappa shape index (κ1) is 21.5. The lowest BCUT2D eigenvalue weighted by atomic mass is 10.1. The topological polar surface area (TPSA) is 153 Å². The smallest absolute Gasteiger partial charge is 0.338 e. The summed E-state index contributed by atoms with van der Waals surface area (Å²) in [5.74, 6) is 0.339. The van der Waals surface area contributed by atoms with Crippen molar-refractivity contribution in [3.8, 4) is 17.1 Å². The number of nitrogens with one attached hydrogen (secondary N) is 1. The van der Waals surface area contributed by atoms with Gasteiger partial charge in [0.05, 0.1) is 19.2 Å². The van der Waals surface area contributed by atoms with E-state index in [2.05, 4.69) is 20.3 Å². The van der Waals surface area contributed by atoms with Crippen LogP contribution in [-0.2, 0) is 11.3 Å². The Morgan fingerprint density at radius 2 is 1.94 bits per heavy atom. The third-order valence-electron chi connectivity index (χ3n) is 4.68. The number of carbonyl (C=O) groups is 2. The highest BCUT2D eigenvalue weighted by Crippen LogP contribution is 2.33. The van der Waals surface area contributed by atoms with E-state index in [1.54, 1.807) is 42.6 Å². The Morgan fingerprint density at radius 3 is 2.61 bits per heavy atom. The van der Waals surface area contributed by atoms with Gasteiger partial charge in [-0.15, -0.1) is 0 Å². The number of nitrogens with two attached hydrogens (primary N) is 1. The molecule has 0 bridgehead atoms. The van der Waals surface area contributed by atoms with Gasteiger partial charge in [0.25, 0.3) is 0 Å². The lowest BCUT2D eigenvalue weighted by molar-refractivity contribution is -0.116. The summed E-state index contributed by atoms with van der Waals surface area (Å²) < 4.78 is 11.3. The van der Waals surface area contributed by atoms with Crippen molar-refractivity contribution in [2.45, 2.75) is 6.54 Å². The summed E-state index contributed by atoms with van der Waals surface area (Å²) in [4.78, 5) is 35.3. The number of nitrogen functional groups attached to an aromatic ring is 1. The summed E-state index contributed by atoms with van der Waals surface area (Å²) in [6.45, 7) is 0.167. The molecule has 3 heterocycles. The van der Waals surface area contributed by atoms with E-state index >= 15 is 0 Å². The number of nitrogens with zero attached hydrogens (tertiary/aromatic N) is 3. The summed E-state index contributed by atoms with van der Waals surface area (Å²) in [5.41, 5.74) is 7.43. The molecule has 33 heavy (non-hydrogen) atoms. The Balaban J connectivity index is 1.50. The molecule has 4 N–H and O–H groups in total. The zero-order valence-corrected chi connectivity index (χ0v) is 17.5. The van der Waals surface area contributed by atoms with Crippen LogP contribution in [0.3, 0.4) is 0 Å². The van der Waals surface area contributed by atoms with Crippen LogP contribution >= 0.6 is 0 Å². The number of ether oxygens (including phenoxy) is 1. The van der Waals surface area contributed by atoms with Crippen LogP contribution in [0, 0.1) is 0 Å². The van der Waals surface area contributed by atoms with Gasteiger partial charge < -0.3 is 25.3 Å². The van der Waals surface area contributed by atoms with Gasteiger partial charge in [-0.05, 0) is 42.0 Å². The van der Waals surface area contributed by atoms with Gasteiger partial charge in [0.2, 0.25) is 5.91 Å². The molecule has 0 saturated heterocycles. The van der Waals surface area contributed by atoms with Crippen molar-refractivity contribution in [2.75, 3.05) is 12.8 Å². The number of furan rings is 1. The number of aromatic nitrogens is 3. The molecule has 0 aliphatic heterocycles. The zero-order chi connectivity index (χ0) is 23.4. The predicted molar refractivity (Wildman–Crippen MR) is 120 cm³/mol. The van der Waals surface area contributed by atoms with Gasteiger partial charge in [-0.3, -0.25) is 4.79 Å². The van der Waals surface area contributed by atoms with Crippen LogP contribution in [0.4, 0.5) is 5.82 Å². The molecular weight excluding hydrogens is 426 g/mol. The molecule has 0 fully saturated rings. The van der Waals surface area contributed by atoms with Crippen LogP contribution in [0.5, 0.6) is 5.75 Å². The lowest BCUT2D eigenvalue weighted by Crippen LogP contribution is -2.19. The van der Waals surface area contributed by atoms with Gasteiger partial charge >= 0.3 is 5.97 Å². The van der Waals surface area contributed by atoms with Crippen molar-refractivity contribution < 1.29 is 23.8 Å². The molecule has 166 valence electrons. The third kappa shape index (κ3) is 4.96. The molecule has 0 saturated carbocycles. The van der Waals surface area contributed by atoms with Crippen molar-refractivity contribution in [1.82, 2.24) is 20.3 Å². The Kier molecular flexibility index (Phi) is 5.98. The molecule has 0 radical (unpaired) electrons. The van der Waals surface area contributed by atoms with Crippen molar-refractivity contribution >= 4 is 34.7 Å². The molecule has 0 spiro atoms. The number of methoxy groups -OCH3 is 1. The summed E-state index contributed by atoms with van der Waals surface area (Å²) in [6, 6.07) is 8.69. The van der Waals surface area contributed by atoms with Crippen molar-refractivity contribution in [3.63, 3.8) is 0 Å². The molecule has 1 aromatic carbocycles. The lowest BCUT2D eigenvalue weighted by Gasteiger charge is -2.05. The van der Waals surface area contributed by atoms with Gasteiger partial charge in [0.15, 0.2) is 17.2 Å². The maximum Gasteiger partial charge on any atom is 0.338 e. The molecule has 1 amide bonds. The minimum absolute atomic E-state index is 0.00478. The number of hydrogen-bond donors (Lipinski definition) is 3. The first-order valence-electron chi connectivity index (χ1n) is 9.76. The maximum absolute atomic E-state index is 12.1. The van der Waals surface area contributed by atoms with Crippen LogP contribution in [0.2, 0.25) is 0 Å². The molecule has 0 atom stereocenters. The molecule has 0 unspecified atom stereocenters. The van der Waals surface area contributed by atoms with Gasteiger partial charge in [0, 0.05) is 35.6 Å². The summed E-state index contributed by atoms with van der Waals surface area (Å²) >= 11 is 0. The molecular formula is C23H19N5O5. The molecule has 0 aliphatic rings. The van der Waals surface area contributed by atoms with Crippen LogP contribution in [0.15, 0.2) is 59.4 Å². The van der Waals surface area contributed by atoms with Crippen LogP contribution in [0.25, 0.3) is 28.4 Å². The average Bonchev–Trinajstić information content (AvgIpc) is 3.25. The van der Waals surface area contributed by atoms with Gasteiger partial charge in [-0.1, -0.05) is 0 Å². The number of carboxylic acid groups (broad SMARTS) is 1. The van der Waals surface area contributed by atoms with E-state index in [-0.39, 0.29) is 18.0 Å². The number of rotatable bonds is 7. The molecule has 4 rings (SSSR count). The highest BCUT2D eigenvalue weighted by Gasteiger charge is 2.14. The second-order valence-electron chi connectivity index (χ2n) is 6.98. The highest BCUT2D eigenvalue weighted by molar-refractivity contribution is 5.92. The minimum Gasteiger partial charge on any atom is -0.493 e. The number of hydrogen-bond acceptors (Lipinski definition) is 8. The third-order valence-corrected chi connectivity index (χ3v) is 4.68. The maximum atomic E-state index is 12.1. The molecule has 3 aromatic heterocycles. The molecule has 4 aromatic rings. The number of benzene rings is 1. The second kappa shape index (κ2) is 9.18. The highest BCUT2D eigenvalue weighted by atomic mass is 16.5. The Bertz CT molecular complexity index is 1340. The zero-order valence-electron chi connectivity index (χ0n) is 17.5. The number of pyridine rings is 1. The molecule has 10 heteroatoms. The first-order valence-corrected chi connectivity index (χ1v) is 9.76. The number of carbonyl (C=O) groups excluding carboxylic acids is 1. The Hall–Kier alpha value is -4.73. The fraction of sp³-hybridized carbons (Fsp3) is 0.0870. The van der Waals surface area contributed by atoms with Crippen LogP contribution in [-0.4, -0.2) is 39.0 Å². The number of anilines is 1. The fourth-order valence-electron chi connectivity index (χ4n) is 3.05. The average molecular weight is 445 g/mol. The first-order chi connectivity index (χ1) is 15.9. The van der Waals surface area contributed by atoms with E-state index in [1.807, 2.05) is 0 Å². The molecule has 0 aliphatic carbocycles. The van der Waals surface area contributed by atoms with Crippen molar-refractivity contribution in [1.29, 1.82) is 0 Å². The Morgan fingerprint density at radius 1 is 1.15 bits per heavy atom. The summed E-state index contributed by atoms with van der Waals surface area (Å²) in [6.07, 6.45) is 7.08. The second-order valence-corrected chi connectivity index (χ2v) is 6.98. The van der Waals surface area contributed by atoms with Gasteiger partial charge in [-0.25, -0.2) is 19.7 Å². The SMILES string of the molecule is COc1cc(-c2ncc(C(=O)O)cn2)cc2cc(CNC(=O)/C=C/c3ccc(N)nc3)oc12. The van der Waals surface area contributed by atoms with E-state index in [0.717, 1.165) is 10.9 Å². The summed E-state index contributed by atoms with van der Waals surface area (Å²) in [7, 11) is 1.51. The van der Waals surface area contributed by atoms with Crippen LogP contribution in [0.1, 0.15) is 21.7 Å². The van der Waals surface area contributed by atoms with E-state index in [9.17, 15) is 9.59 Å². The number of aromatic carboxylic acids is 1. The standard InChI is InChI=1S/C23H19N5O5/c1-32-18-8-15(22-27-10-16(11-28-22)23(30)31)6-14-7-17(33-21(14)18)12-26-20(29)5-3-13-2-4-19(24)25-9-13/h2-11H,12H2,1H3,(H2,24,25)(H,26,29)(H,30,31)/b5-3+. The predicted octanol–water partition coefficient (Wildman–Crippen LogP) is 2.90. The fourth-order valence-corrected chi connectivity index (χ4v) is 3.05.